The molecule has 2 aromatic heterocycles. The fourth-order valence-electron chi connectivity index (χ4n) is 3.22. The minimum absolute atomic E-state index is 0.00509. The molecule has 4 rings (SSSR count). The molecule has 0 bridgehead atoms. The molecule has 3 heterocycles. The topological polar surface area (TPSA) is 56.0 Å². The van der Waals surface area contributed by atoms with Gasteiger partial charge in [0.15, 0.2) is 5.82 Å². The van der Waals surface area contributed by atoms with Crippen molar-refractivity contribution < 1.29 is 18.0 Å². The van der Waals surface area contributed by atoms with Gasteiger partial charge in [-0.2, -0.15) is 13.2 Å². The van der Waals surface area contributed by atoms with Crippen LogP contribution in [0.2, 0.25) is 0 Å². The van der Waals surface area contributed by atoms with Crippen molar-refractivity contribution >= 4 is 16.8 Å². The lowest BCUT2D eigenvalue weighted by Gasteiger charge is -2.28. The Morgan fingerprint density at radius 1 is 1.16 bits per heavy atom. The Morgan fingerprint density at radius 2 is 1.92 bits per heavy atom. The highest BCUT2D eigenvalue weighted by molar-refractivity contribution is 6.06. The zero-order valence-corrected chi connectivity index (χ0v) is 13.3. The lowest BCUT2D eigenvalue weighted by Crippen LogP contribution is -2.39. The van der Waals surface area contributed by atoms with Gasteiger partial charge >= 0.3 is 6.18 Å². The second kappa shape index (κ2) is 5.33. The third-order valence-electron chi connectivity index (χ3n) is 4.42. The van der Waals surface area contributed by atoms with Gasteiger partial charge in [0.1, 0.15) is 0 Å². The monoisotopic (exact) mass is 349 g/mol. The number of alkyl halides is 3. The summed E-state index contributed by atoms with van der Waals surface area (Å²) in [7, 11) is 1.85. The summed E-state index contributed by atoms with van der Waals surface area (Å²) in [6, 6.07) is 7.51. The van der Waals surface area contributed by atoms with Gasteiger partial charge in [-0.15, -0.1) is 10.2 Å². The largest absolute Gasteiger partial charge is 0.451 e. The summed E-state index contributed by atoms with van der Waals surface area (Å²) in [4.78, 5) is 14.4. The predicted octanol–water partition coefficient (Wildman–Crippen LogP) is 2.44. The first-order valence-electron chi connectivity index (χ1n) is 7.69. The molecule has 1 aliphatic heterocycles. The number of aryl methyl sites for hydroxylation is 1. The Balaban J connectivity index is 1.65. The molecule has 0 radical (unpaired) electrons. The van der Waals surface area contributed by atoms with Crippen LogP contribution in [-0.4, -0.2) is 36.7 Å². The number of rotatable bonds is 1. The van der Waals surface area contributed by atoms with Crippen molar-refractivity contribution in [2.45, 2.75) is 19.3 Å². The second-order valence-electron chi connectivity index (χ2n) is 5.99. The van der Waals surface area contributed by atoms with Crippen molar-refractivity contribution in [1.82, 2.24) is 24.2 Å². The maximum absolute atomic E-state index is 12.9. The highest BCUT2D eigenvalue weighted by Gasteiger charge is 2.40. The van der Waals surface area contributed by atoms with E-state index < -0.39 is 12.0 Å². The van der Waals surface area contributed by atoms with Crippen molar-refractivity contribution in [1.29, 1.82) is 0 Å². The fraction of sp³-hybridized carbons (Fsp3) is 0.312. The molecule has 1 aliphatic rings. The van der Waals surface area contributed by atoms with Gasteiger partial charge in [-0.05, 0) is 6.07 Å². The molecule has 0 spiro atoms. The van der Waals surface area contributed by atoms with E-state index in [2.05, 4.69) is 10.2 Å². The van der Waals surface area contributed by atoms with Gasteiger partial charge in [0, 0.05) is 37.2 Å². The summed E-state index contributed by atoms with van der Waals surface area (Å²) >= 11 is 0. The standard InChI is InChI=1S/C16H14F3N5O/c1-22-8-11(10-4-2-3-5-12(10)22)14(25)23-6-7-24-13(9-23)20-21-15(24)16(17,18)19/h2-5,8H,6-7,9H2,1H3. The Labute approximate surface area is 140 Å². The van der Waals surface area contributed by atoms with E-state index in [1.54, 1.807) is 6.20 Å². The summed E-state index contributed by atoms with van der Waals surface area (Å²) in [5, 5.41) is 7.66. The van der Waals surface area contributed by atoms with Crippen molar-refractivity contribution in [3.05, 3.63) is 47.7 Å². The molecule has 0 fully saturated rings. The molecule has 6 nitrogen and oxygen atoms in total. The Hall–Kier alpha value is -2.84. The number of benzene rings is 1. The number of amides is 1. The average Bonchev–Trinajstić information content (AvgIpc) is 3.15. The van der Waals surface area contributed by atoms with Gasteiger partial charge in [-0.3, -0.25) is 4.79 Å². The van der Waals surface area contributed by atoms with E-state index in [9.17, 15) is 18.0 Å². The quantitative estimate of drug-likeness (QED) is 0.678. The SMILES string of the molecule is Cn1cc(C(=O)N2CCn3c(nnc3C(F)(F)F)C2)c2ccccc21. The molecule has 1 aromatic carbocycles. The summed E-state index contributed by atoms with van der Waals surface area (Å²) in [6.45, 7) is 0.203. The number of carbonyl (C=O) groups is 1. The number of para-hydroxylation sites is 1. The molecule has 0 saturated carbocycles. The number of hydrogen-bond acceptors (Lipinski definition) is 3. The average molecular weight is 349 g/mol. The molecule has 3 aromatic rings. The first-order valence-corrected chi connectivity index (χ1v) is 7.69. The van der Waals surface area contributed by atoms with E-state index in [0.29, 0.717) is 5.56 Å². The van der Waals surface area contributed by atoms with Gasteiger partial charge in [0.2, 0.25) is 5.82 Å². The Bertz CT molecular complexity index is 972. The molecule has 130 valence electrons. The number of carbonyl (C=O) groups excluding carboxylic acids is 1. The van der Waals surface area contributed by atoms with E-state index in [-0.39, 0.29) is 31.4 Å². The number of nitrogens with zero attached hydrogens (tertiary/aromatic N) is 5. The van der Waals surface area contributed by atoms with Crippen LogP contribution in [-0.2, 0) is 26.3 Å². The minimum Gasteiger partial charge on any atom is -0.350 e. The fourth-order valence-corrected chi connectivity index (χ4v) is 3.22. The van der Waals surface area contributed by atoms with Gasteiger partial charge in [-0.25, -0.2) is 0 Å². The normalized spacial score (nSPS) is 14.8. The molecule has 25 heavy (non-hydrogen) atoms. The van der Waals surface area contributed by atoms with E-state index in [1.807, 2.05) is 35.9 Å². The van der Waals surface area contributed by atoms with Crippen LogP contribution in [0.1, 0.15) is 22.0 Å². The number of fused-ring (bicyclic) bond motifs is 2. The number of hydrogen-bond donors (Lipinski definition) is 0. The highest BCUT2D eigenvalue weighted by atomic mass is 19.4. The molecule has 0 unspecified atom stereocenters. The first-order chi connectivity index (χ1) is 11.9. The van der Waals surface area contributed by atoms with Crippen LogP contribution in [0.25, 0.3) is 10.9 Å². The van der Waals surface area contributed by atoms with Crippen LogP contribution in [0.15, 0.2) is 30.5 Å². The first kappa shape index (κ1) is 15.7. The third kappa shape index (κ3) is 2.46. The summed E-state index contributed by atoms with van der Waals surface area (Å²) < 4.78 is 41.6. The molecule has 0 saturated heterocycles. The van der Waals surface area contributed by atoms with E-state index in [1.165, 1.54) is 4.90 Å². The smallest absolute Gasteiger partial charge is 0.350 e. The van der Waals surface area contributed by atoms with Crippen LogP contribution >= 0.6 is 0 Å². The maximum atomic E-state index is 12.9. The molecule has 1 amide bonds. The lowest BCUT2D eigenvalue weighted by atomic mass is 10.1. The maximum Gasteiger partial charge on any atom is 0.451 e. The van der Waals surface area contributed by atoms with Crippen molar-refractivity contribution in [3.8, 4) is 0 Å². The van der Waals surface area contributed by atoms with E-state index >= 15 is 0 Å². The zero-order valence-electron chi connectivity index (χ0n) is 13.3. The van der Waals surface area contributed by atoms with Gasteiger partial charge in [0.25, 0.3) is 5.91 Å². The Kier molecular flexibility index (Phi) is 3.34. The molecular weight excluding hydrogens is 335 g/mol. The molecule has 9 heteroatoms. The predicted molar refractivity (Wildman–Crippen MR) is 82.7 cm³/mol. The highest BCUT2D eigenvalue weighted by Crippen LogP contribution is 2.30. The van der Waals surface area contributed by atoms with Crippen LogP contribution in [0.3, 0.4) is 0 Å². The van der Waals surface area contributed by atoms with Crippen molar-refractivity contribution in [2.75, 3.05) is 6.54 Å². The van der Waals surface area contributed by atoms with Gasteiger partial charge in [0.05, 0.1) is 12.1 Å². The van der Waals surface area contributed by atoms with E-state index in [0.717, 1.165) is 15.5 Å². The van der Waals surface area contributed by atoms with Crippen molar-refractivity contribution in [2.24, 2.45) is 7.05 Å². The Morgan fingerprint density at radius 3 is 2.68 bits per heavy atom. The van der Waals surface area contributed by atoms with Gasteiger partial charge < -0.3 is 14.0 Å². The van der Waals surface area contributed by atoms with Gasteiger partial charge in [-0.1, -0.05) is 18.2 Å². The molecule has 0 N–H and O–H groups in total. The van der Waals surface area contributed by atoms with Crippen LogP contribution < -0.4 is 0 Å². The third-order valence-corrected chi connectivity index (χ3v) is 4.42. The second-order valence-corrected chi connectivity index (χ2v) is 5.99. The molecule has 0 aliphatic carbocycles. The molecular formula is C16H14F3N5O. The van der Waals surface area contributed by atoms with Crippen molar-refractivity contribution in [3.63, 3.8) is 0 Å². The van der Waals surface area contributed by atoms with Crippen LogP contribution in [0, 0.1) is 0 Å². The summed E-state index contributed by atoms with van der Waals surface area (Å²) in [6.07, 6.45) is -2.81. The van der Waals surface area contributed by atoms with E-state index in [4.69, 9.17) is 0 Å². The zero-order chi connectivity index (χ0) is 17.8. The molecule has 0 atom stereocenters. The lowest BCUT2D eigenvalue weighted by molar-refractivity contribution is -0.147. The summed E-state index contributed by atoms with van der Waals surface area (Å²) in [5.41, 5.74) is 1.45. The minimum atomic E-state index is -4.55. The summed E-state index contributed by atoms with van der Waals surface area (Å²) in [5.74, 6) is -1.09. The number of aromatic nitrogens is 4. The van der Waals surface area contributed by atoms with Crippen LogP contribution in [0.5, 0.6) is 0 Å². The number of halogens is 3. The van der Waals surface area contributed by atoms with Crippen LogP contribution in [0.4, 0.5) is 13.2 Å².